The summed E-state index contributed by atoms with van der Waals surface area (Å²) in [6.07, 6.45) is 6.27. The highest BCUT2D eigenvalue weighted by atomic mass is 32.2. The van der Waals surface area contributed by atoms with Gasteiger partial charge in [0, 0.05) is 11.1 Å². The SMILES string of the molecule is CSc1nc(SC)c2c(n1)-c1ccccc1CC2. The molecular formula is C14H14N2S2. The van der Waals surface area contributed by atoms with Crippen LogP contribution in [0.25, 0.3) is 11.3 Å². The third-order valence-electron chi connectivity index (χ3n) is 3.24. The Balaban J connectivity index is 2.26. The van der Waals surface area contributed by atoms with Gasteiger partial charge in [-0.25, -0.2) is 9.97 Å². The second-order valence-corrected chi connectivity index (χ2v) is 5.77. The number of rotatable bonds is 2. The van der Waals surface area contributed by atoms with E-state index in [1.165, 1.54) is 16.7 Å². The van der Waals surface area contributed by atoms with Gasteiger partial charge in [0.2, 0.25) is 0 Å². The first kappa shape index (κ1) is 12.1. The molecule has 0 saturated heterocycles. The molecular weight excluding hydrogens is 260 g/mol. The highest BCUT2D eigenvalue weighted by molar-refractivity contribution is 7.99. The Hall–Kier alpha value is -1.00. The van der Waals surface area contributed by atoms with E-state index in [0.717, 1.165) is 28.7 Å². The van der Waals surface area contributed by atoms with Gasteiger partial charge in [0.15, 0.2) is 5.16 Å². The molecule has 1 aliphatic carbocycles. The molecule has 0 atom stereocenters. The summed E-state index contributed by atoms with van der Waals surface area (Å²) in [4.78, 5) is 9.33. The van der Waals surface area contributed by atoms with E-state index in [9.17, 15) is 0 Å². The summed E-state index contributed by atoms with van der Waals surface area (Å²) in [6, 6.07) is 8.58. The van der Waals surface area contributed by atoms with Crippen LogP contribution in [0.15, 0.2) is 34.4 Å². The molecule has 2 aromatic rings. The summed E-state index contributed by atoms with van der Waals surface area (Å²) in [5, 5.41) is 2.01. The lowest BCUT2D eigenvalue weighted by molar-refractivity contribution is 0.807. The fourth-order valence-corrected chi connectivity index (χ4v) is 3.43. The van der Waals surface area contributed by atoms with E-state index in [-0.39, 0.29) is 0 Å². The van der Waals surface area contributed by atoms with Crippen LogP contribution < -0.4 is 0 Å². The summed E-state index contributed by atoms with van der Waals surface area (Å²) < 4.78 is 0. The lowest BCUT2D eigenvalue weighted by atomic mass is 9.90. The molecule has 1 aromatic heterocycles. The van der Waals surface area contributed by atoms with E-state index >= 15 is 0 Å². The number of hydrogen-bond acceptors (Lipinski definition) is 4. The van der Waals surface area contributed by atoms with Gasteiger partial charge in [0.05, 0.1) is 5.69 Å². The molecule has 1 aromatic carbocycles. The first-order chi connectivity index (χ1) is 8.83. The van der Waals surface area contributed by atoms with Crippen molar-refractivity contribution in [1.29, 1.82) is 0 Å². The molecule has 0 N–H and O–H groups in total. The van der Waals surface area contributed by atoms with Crippen LogP contribution in [-0.2, 0) is 12.8 Å². The fourth-order valence-electron chi connectivity index (χ4n) is 2.38. The molecule has 0 aliphatic heterocycles. The van der Waals surface area contributed by atoms with Crippen molar-refractivity contribution in [3.8, 4) is 11.3 Å². The number of benzene rings is 1. The first-order valence-electron chi connectivity index (χ1n) is 5.90. The van der Waals surface area contributed by atoms with E-state index in [0.29, 0.717) is 0 Å². The number of aryl methyl sites for hydroxylation is 1. The van der Waals surface area contributed by atoms with Crippen molar-refractivity contribution >= 4 is 23.5 Å². The molecule has 4 heteroatoms. The Morgan fingerprint density at radius 3 is 2.61 bits per heavy atom. The highest BCUT2D eigenvalue weighted by Crippen LogP contribution is 2.36. The predicted molar refractivity (Wildman–Crippen MR) is 78.4 cm³/mol. The van der Waals surface area contributed by atoms with Gasteiger partial charge in [-0.1, -0.05) is 36.0 Å². The van der Waals surface area contributed by atoms with Gasteiger partial charge in [-0.15, -0.1) is 11.8 Å². The predicted octanol–water partition coefficient (Wildman–Crippen LogP) is 3.69. The third-order valence-corrected chi connectivity index (χ3v) is 4.51. The molecule has 18 heavy (non-hydrogen) atoms. The first-order valence-corrected chi connectivity index (χ1v) is 8.35. The zero-order valence-corrected chi connectivity index (χ0v) is 12.1. The number of fused-ring (bicyclic) bond motifs is 3. The average molecular weight is 274 g/mol. The Morgan fingerprint density at radius 2 is 1.83 bits per heavy atom. The largest absolute Gasteiger partial charge is 0.222 e. The molecule has 0 amide bonds. The van der Waals surface area contributed by atoms with Gasteiger partial charge >= 0.3 is 0 Å². The number of thioether (sulfide) groups is 2. The van der Waals surface area contributed by atoms with Gasteiger partial charge in [0.1, 0.15) is 5.03 Å². The van der Waals surface area contributed by atoms with Gasteiger partial charge in [-0.05, 0) is 30.9 Å². The lowest BCUT2D eigenvalue weighted by Crippen LogP contribution is -2.09. The van der Waals surface area contributed by atoms with E-state index in [1.54, 1.807) is 23.5 Å². The molecule has 0 fully saturated rings. The van der Waals surface area contributed by atoms with Crippen molar-refractivity contribution in [1.82, 2.24) is 9.97 Å². The third kappa shape index (κ3) is 1.93. The minimum Gasteiger partial charge on any atom is -0.222 e. The van der Waals surface area contributed by atoms with Crippen molar-refractivity contribution in [2.45, 2.75) is 23.0 Å². The summed E-state index contributed by atoms with van der Waals surface area (Å²) >= 11 is 3.33. The van der Waals surface area contributed by atoms with Crippen LogP contribution in [0.5, 0.6) is 0 Å². The molecule has 3 rings (SSSR count). The van der Waals surface area contributed by atoms with Crippen LogP contribution >= 0.6 is 23.5 Å². The quantitative estimate of drug-likeness (QED) is 0.474. The van der Waals surface area contributed by atoms with Crippen LogP contribution in [0.2, 0.25) is 0 Å². The van der Waals surface area contributed by atoms with Crippen molar-refractivity contribution in [2.24, 2.45) is 0 Å². The van der Waals surface area contributed by atoms with Crippen molar-refractivity contribution in [2.75, 3.05) is 12.5 Å². The Bertz CT molecular complexity index is 596. The zero-order chi connectivity index (χ0) is 12.5. The smallest absolute Gasteiger partial charge is 0.188 e. The van der Waals surface area contributed by atoms with E-state index < -0.39 is 0 Å². The topological polar surface area (TPSA) is 25.8 Å². The molecule has 0 bridgehead atoms. The molecule has 2 nitrogen and oxygen atoms in total. The lowest BCUT2D eigenvalue weighted by Gasteiger charge is -2.20. The maximum atomic E-state index is 4.72. The second kappa shape index (κ2) is 4.94. The number of nitrogens with zero attached hydrogens (tertiary/aromatic N) is 2. The Labute approximate surface area is 116 Å². The minimum absolute atomic E-state index is 0.870. The summed E-state index contributed by atoms with van der Waals surface area (Å²) in [5.74, 6) is 0. The van der Waals surface area contributed by atoms with Crippen LogP contribution in [0.1, 0.15) is 11.1 Å². The summed E-state index contributed by atoms with van der Waals surface area (Å²) in [7, 11) is 0. The van der Waals surface area contributed by atoms with Crippen molar-refractivity contribution in [3.63, 3.8) is 0 Å². The standard InChI is InChI=1S/C14H14N2S2/c1-17-13-11-8-7-9-5-3-4-6-10(9)12(11)15-14(16-13)18-2/h3-6H,7-8H2,1-2H3. The zero-order valence-electron chi connectivity index (χ0n) is 10.4. The molecule has 1 heterocycles. The van der Waals surface area contributed by atoms with Crippen LogP contribution in [0, 0.1) is 0 Å². The molecule has 92 valence electrons. The molecule has 0 unspecified atom stereocenters. The fraction of sp³-hybridized carbons (Fsp3) is 0.286. The van der Waals surface area contributed by atoms with Crippen molar-refractivity contribution < 1.29 is 0 Å². The van der Waals surface area contributed by atoms with Gasteiger partial charge in [-0.3, -0.25) is 0 Å². The molecule has 0 spiro atoms. The van der Waals surface area contributed by atoms with Gasteiger partial charge in [0.25, 0.3) is 0 Å². The van der Waals surface area contributed by atoms with Gasteiger partial charge < -0.3 is 0 Å². The van der Waals surface area contributed by atoms with Crippen LogP contribution in [-0.4, -0.2) is 22.5 Å². The van der Waals surface area contributed by atoms with E-state index in [4.69, 9.17) is 4.98 Å². The van der Waals surface area contributed by atoms with Crippen molar-refractivity contribution in [3.05, 3.63) is 35.4 Å². The number of aromatic nitrogens is 2. The Kier molecular flexibility index (Phi) is 3.31. The van der Waals surface area contributed by atoms with Gasteiger partial charge in [-0.2, -0.15) is 0 Å². The number of hydrogen-bond donors (Lipinski definition) is 0. The average Bonchev–Trinajstić information content (AvgIpc) is 2.45. The maximum absolute atomic E-state index is 4.72. The minimum atomic E-state index is 0.870. The normalized spacial score (nSPS) is 13.0. The summed E-state index contributed by atoms with van der Waals surface area (Å²) in [5.41, 5.74) is 5.15. The monoisotopic (exact) mass is 274 g/mol. The highest BCUT2D eigenvalue weighted by Gasteiger charge is 2.21. The Morgan fingerprint density at radius 1 is 1.00 bits per heavy atom. The van der Waals surface area contributed by atoms with E-state index in [1.807, 2.05) is 6.26 Å². The summed E-state index contributed by atoms with van der Waals surface area (Å²) in [6.45, 7) is 0. The van der Waals surface area contributed by atoms with Crippen LogP contribution in [0.3, 0.4) is 0 Å². The maximum Gasteiger partial charge on any atom is 0.188 e. The molecule has 1 aliphatic rings. The molecule has 0 saturated carbocycles. The molecule has 0 radical (unpaired) electrons. The van der Waals surface area contributed by atoms with Crippen LogP contribution in [0.4, 0.5) is 0 Å². The second-order valence-electron chi connectivity index (χ2n) is 4.20. The van der Waals surface area contributed by atoms with E-state index in [2.05, 4.69) is 35.5 Å².